The minimum atomic E-state index is -1.81. The molecule has 2 aromatic heterocycles. The summed E-state index contributed by atoms with van der Waals surface area (Å²) in [5.74, 6) is 0.444. The first-order chi connectivity index (χ1) is 29.3. The van der Waals surface area contributed by atoms with Gasteiger partial charge in [-0.3, -0.25) is 14.6 Å². The van der Waals surface area contributed by atoms with Crippen molar-refractivity contribution in [2.24, 2.45) is 10.9 Å². The van der Waals surface area contributed by atoms with E-state index in [9.17, 15) is 19.2 Å². The molecule has 3 N–H and O–H groups in total. The van der Waals surface area contributed by atoms with Crippen molar-refractivity contribution in [1.82, 2.24) is 30.4 Å². The van der Waals surface area contributed by atoms with Crippen molar-refractivity contribution in [2.45, 2.75) is 82.8 Å². The number of hydrogen-bond donors (Lipinski definition) is 3. The van der Waals surface area contributed by atoms with Gasteiger partial charge in [-0.1, -0.05) is 75.5 Å². The molecule has 0 spiro atoms. The standard InChI is InChI=1S/C46H53N7O6SSi/c1-27(2)40(51-46(57)59-4)44(55)52-19-7-10-38(52)36-22-32(24-47-36)29-13-11-28(12-14-29)30-15-17-34-31(21-30)16-18-35-41(34)50-42(48-35)39-25-61(5,6)26-53(39)43(54)37(49-45(56)58-3)23-33-9-8-20-60-33/h8-9,11-18,20-21,24,27,37-40H,7,10,19,22-23,25-26H2,1-6H3,(H,48,50)(H,49,56)(H,51,57)/t37?,38-,39-,40-/m0/s1. The molecular weight excluding hydrogens is 807 g/mol. The lowest BCUT2D eigenvalue weighted by atomic mass is 9.95. The predicted molar refractivity (Wildman–Crippen MR) is 242 cm³/mol. The molecule has 0 radical (unpaired) electrons. The molecule has 5 aromatic rings. The summed E-state index contributed by atoms with van der Waals surface area (Å²) in [6.45, 7) is 9.06. The van der Waals surface area contributed by atoms with E-state index in [0.717, 1.165) is 79.4 Å². The quantitative estimate of drug-likeness (QED) is 0.113. The van der Waals surface area contributed by atoms with Crippen LogP contribution in [0.3, 0.4) is 0 Å². The molecule has 0 aliphatic carbocycles. The van der Waals surface area contributed by atoms with Gasteiger partial charge in [0.25, 0.3) is 0 Å². The zero-order valence-electron chi connectivity index (χ0n) is 35.5. The van der Waals surface area contributed by atoms with E-state index in [1.165, 1.54) is 14.2 Å². The molecule has 318 valence electrons. The van der Waals surface area contributed by atoms with Gasteiger partial charge >= 0.3 is 12.2 Å². The molecule has 1 unspecified atom stereocenters. The molecule has 2 saturated heterocycles. The number of alkyl carbamates (subject to hydrolysis) is 2. The van der Waals surface area contributed by atoms with E-state index in [2.05, 4.69) is 83.3 Å². The first-order valence-corrected chi connectivity index (χ1v) is 25.2. The number of amides is 4. The fraction of sp³-hybridized carbons (Fsp3) is 0.391. The number of likely N-dealkylation sites (tertiary alicyclic amines) is 1. The Kier molecular flexibility index (Phi) is 11.9. The number of benzene rings is 3. The summed E-state index contributed by atoms with van der Waals surface area (Å²) in [4.78, 5) is 70.7. The number of carbonyl (C=O) groups excluding carboxylic acids is 4. The second-order valence-electron chi connectivity index (χ2n) is 17.4. The molecule has 3 aliphatic heterocycles. The number of nitrogens with one attached hydrogen (secondary N) is 3. The number of ether oxygens (including phenoxy) is 2. The predicted octanol–water partition coefficient (Wildman–Crippen LogP) is 8.10. The van der Waals surface area contributed by atoms with Crippen molar-refractivity contribution in [3.63, 3.8) is 0 Å². The summed E-state index contributed by atoms with van der Waals surface area (Å²) in [5.41, 5.74) is 7.11. The highest BCUT2D eigenvalue weighted by Crippen LogP contribution is 2.39. The van der Waals surface area contributed by atoms with Crippen LogP contribution >= 0.6 is 11.3 Å². The van der Waals surface area contributed by atoms with Crippen LogP contribution < -0.4 is 10.6 Å². The largest absolute Gasteiger partial charge is 0.453 e. The Bertz CT molecular complexity index is 2530. The van der Waals surface area contributed by atoms with Gasteiger partial charge in [-0.25, -0.2) is 14.6 Å². The topological polar surface area (TPSA) is 158 Å². The zero-order valence-corrected chi connectivity index (χ0v) is 37.3. The molecule has 0 saturated carbocycles. The molecule has 2 fully saturated rings. The molecule has 13 nitrogen and oxygen atoms in total. The van der Waals surface area contributed by atoms with Crippen LogP contribution in [-0.4, -0.2) is 103 Å². The lowest BCUT2D eigenvalue weighted by molar-refractivity contribution is -0.134. The van der Waals surface area contributed by atoms with Crippen molar-refractivity contribution >= 4 is 76.5 Å². The van der Waals surface area contributed by atoms with E-state index >= 15 is 0 Å². The van der Waals surface area contributed by atoms with Gasteiger partial charge in [-0.05, 0) is 76.0 Å². The van der Waals surface area contributed by atoms with Crippen LogP contribution in [0.25, 0.3) is 38.5 Å². The number of aromatic amines is 1. The number of allylic oxidation sites excluding steroid dienone is 1. The van der Waals surface area contributed by atoms with Crippen molar-refractivity contribution < 1.29 is 28.7 Å². The Labute approximate surface area is 360 Å². The first-order valence-electron chi connectivity index (χ1n) is 20.9. The summed E-state index contributed by atoms with van der Waals surface area (Å²) >= 11 is 1.56. The highest BCUT2D eigenvalue weighted by atomic mass is 32.1. The van der Waals surface area contributed by atoms with Crippen LogP contribution in [0.4, 0.5) is 9.59 Å². The maximum Gasteiger partial charge on any atom is 0.407 e. The number of imidazole rings is 1. The molecule has 5 heterocycles. The normalized spacial score (nSPS) is 19.5. The molecule has 15 heteroatoms. The molecule has 4 amide bonds. The SMILES string of the molecule is COC(=O)NC(Cc1cccs1)C(=O)N1C[Si](C)(C)C[C@H]1c1nc2c(ccc3cc(-c4ccc(C5=CN=C([C@@H]6CCCN6C(=O)[C@@H](NC(=O)OC)C(C)C)C5)cc4)ccc32)[nH]1. The van der Waals surface area contributed by atoms with Gasteiger partial charge in [0.05, 0.1) is 45.4 Å². The van der Waals surface area contributed by atoms with E-state index in [1.807, 2.05) is 47.4 Å². The second-order valence-corrected chi connectivity index (χ2v) is 23.5. The minimum absolute atomic E-state index is 0.0894. The number of H-pyrrole nitrogens is 1. The number of aromatic nitrogens is 2. The Hall–Kier alpha value is -5.80. The van der Waals surface area contributed by atoms with Gasteiger partial charge in [-0.2, -0.15) is 0 Å². The third-order valence-corrected chi connectivity index (χ3v) is 15.8. The Morgan fingerprint density at radius 1 is 0.902 bits per heavy atom. The van der Waals surface area contributed by atoms with Crippen LogP contribution in [0, 0.1) is 5.92 Å². The third-order valence-electron chi connectivity index (χ3n) is 12.2. The van der Waals surface area contributed by atoms with Crippen molar-refractivity contribution in [1.29, 1.82) is 0 Å². The number of fused-ring (bicyclic) bond motifs is 3. The average Bonchev–Trinajstić information content (AvgIpc) is 4.11. The van der Waals surface area contributed by atoms with Crippen LogP contribution in [0.1, 0.15) is 55.4 Å². The lowest BCUT2D eigenvalue weighted by Crippen LogP contribution is -2.53. The van der Waals surface area contributed by atoms with E-state index in [-0.39, 0.29) is 29.8 Å². The molecule has 4 atom stereocenters. The number of rotatable bonds is 11. The maximum absolute atomic E-state index is 14.3. The number of hydrogen-bond acceptors (Lipinski definition) is 9. The Morgan fingerprint density at radius 3 is 2.36 bits per heavy atom. The van der Waals surface area contributed by atoms with Gasteiger partial charge in [0.15, 0.2) is 0 Å². The summed E-state index contributed by atoms with van der Waals surface area (Å²) in [6.07, 6.45) is 4.13. The molecule has 8 rings (SSSR count). The van der Waals surface area contributed by atoms with E-state index in [4.69, 9.17) is 19.5 Å². The zero-order chi connectivity index (χ0) is 43.0. The maximum atomic E-state index is 14.3. The Morgan fingerprint density at radius 2 is 1.64 bits per heavy atom. The highest BCUT2D eigenvalue weighted by Gasteiger charge is 2.45. The number of thiophene rings is 1. The van der Waals surface area contributed by atoms with Gasteiger partial charge in [0.1, 0.15) is 17.9 Å². The number of methoxy groups -OCH3 is 2. The molecule has 61 heavy (non-hydrogen) atoms. The van der Waals surface area contributed by atoms with E-state index in [1.54, 1.807) is 11.3 Å². The molecule has 3 aromatic carbocycles. The first kappa shape index (κ1) is 41.9. The third kappa shape index (κ3) is 8.71. The summed E-state index contributed by atoms with van der Waals surface area (Å²) in [6, 6.07) is 22.2. The number of nitrogens with zero attached hydrogens (tertiary/aromatic N) is 4. The van der Waals surface area contributed by atoms with Crippen molar-refractivity contribution in [3.8, 4) is 11.1 Å². The summed E-state index contributed by atoms with van der Waals surface area (Å²) in [7, 11) is 0.801. The van der Waals surface area contributed by atoms with Gasteiger partial charge in [0, 0.05) is 47.7 Å². The van der Waals surface area contributed by atoms with Crippen LogP contribution in [-0.2, 0) is 25.5 Å². The summed E-state index contributed by atoms with van der Waals surface area (Å²) in [5, 5.41) is 9.58. The van der Waals surface area contributed by atoms with E-state index in [0.29, 0.717) is 25.6 Å². The second kappa shape index (κ2) is 17.3. The molecule has 3 aliphatic rings. The molecular formula is C46H53N7O6SSi. The monoisotopic (exact) mass is 859 g/mol. The van der Waals surface area contributed by atoms with Crippen molar-refractivity contribution in [3.05, 3.63) is 94.6 Å². The van der Waals surface area contributed by atoms with Crippen LogP contribution in [0.15, 0.2) is 83.3 Å². The minimum Gasteiger partial charge on any atom is -0.453 e. The van der Waals surface area contributed by atoms with Gasteiger partial charge in [-0.15, -0.1) is 11.3 Å². The highest BCUT2D eigenvalue weighted by molar-refractivity contribution is 7.09. The summed E-state index contributed by atoms with van der Waals surface area (Å²) < 4.78 is 9.69. The lowest BCUT2D eigenvalue weighted by Gasteiger charge is -2.31. The van der Waals surface area contributed by atoms with Crippen LogP contribution in [0.2, 0.25) is 19.1 Å². The number of carbonyl (C=O) groups is 4. The fourth-order valence-corrected chi connectivity index (χ4v) is 12.7. The fourth-order valence-electron chi connectivity index (χ4n) is 9.09. The molecule has 0 bridgehead atoms. The van der Waals surface area contributed by atoms with Gasteiger partial charge in [0.2, 0.25) is 11.8 Å². The Balaban J connectivity index is 0.971. The number of aliphatic imine (C=N–C) groups is 1. The van der Waals surface area contributed by atoms with Crippen LogP contribution in [0.5, 0.6) is 0 Å². The van der Waals surface area contributed by atoms with Crippen molar-refractivity contribution in [2.75, 3.05) is 26.9 Å². The average molecular weight is 860 g/mol. The van der Waals surface area contributed by atoms with E-state index < -0.39 is 32.3 Å². The smallest absolute Gasteiger partial charge is 0.407 e. The van der Waals surface area contributed by atoms with Gasteiger partial charge < -0.3 is 34.9 Å².